The first-order valence-electron chi connectivity index (χ1n) is 9.48. The van der Waals surface area contributed by atoms with Gasteiger partial charge in [-0.05, 0) is 60.6 Å². The molecule has 0 atom stereocenters. The molecule has 3 nitrogen and oxygen atoms in total. The molecule has 0 radical (unpaired) electrons. The molecule has 4 rings (SSSR count). The maximum absolute atomic E-state index is 13.7. The van der Waals surface area contributed by atoms with Gasteiger partial charge in [0, 0.05) is 42.4 Å². The van der Waals surface area contributed by atoms with Gasteiger partial charge in [-0.1, -0.05) is 23.2 Å². The Labute approximate surface area is 168 Å². The second-order valence-electron chi connectivity index (χ2n) is 7.31. The van der Waals surface area contributed by atoms with E-state index in [1.165, 1.54) is 17.8 Å². The number of pyridine rings is 1. The Morgan fingerprint density at radius 2 is 1.89 bits per heavy atom. The first-order chi connectivity index (χ1) is 13.5. The van der Waals surface area contributed by atoms with E-state index in [9.17, 15) is 13.6 Å². The molecule has 1 aromatic heterocycles. The standard InChI is InChI=1S/C22H21ClF2N2O/c1-13(28)27-10-7-14(8-11-27)20-17-5-3-16(23)12-15(17)2-4-18-19(22(24)25)6-9-26-21(18)20/h3,5-6,9,12,22H,2,4,7-8,10-11H2,1H3. The third-order valence-electron chi connectivity index (χ3n) is 5.71. The van der Waals surface area contributed by atoms with Crippen LogP contribution in [0.5, 0.6) is 0 Å². The zero-order valence-corrected chi connectivity index (χ0v) is 16.4. The minimum atomic E-state index is -2.53. The molecule has 6 heteroatoms. The highest BCUT2D eigenvalue weighted by molar-refractivity contribution is 6.30. The van der Waals surface area contributed by atoms with Crippen molar-refractivity contribution in [1.82, 2.24) is 9.88 Å². The molecule has 0 saturated carbocycles. The largest absolute Gasteiger partial charge is 0.342 e. The minimum Gasteiger partial charge on any atom is -0.342 e. The third-order valence-corrected chi connectivity index (χ3v) is 5.95. The van der Waals surface area contributed by atoms with Crippen LogP contribution in [0.25, 0.3) is 5.57 Å². The summed E-state index contributed by atoms with van der Waals surface area (Å²) in [5, 5.41) is 0.641. The molecule has 2 aliphatic rings. The zero-order chi connectivity index (χ0) is 19.8. The number of aromatic nitrogens is 1. The molecule has 1 saturated heterocycles. The molecule has 0 N–H and O–H groups in total. The molecule has 1 fully saturated rings. The average Bonchev–Trinajstić information content (AvgIpc) is 2.84. The number of carbonyl (C=O) groups is 1. The number of halogens is 3. The number of piperidine rings is 1. The van der Waals surface area contributed by atoms with Crippen molar-refractivity contribution in [3.8, 4) is 0 Å². The van der Waals surface area contributed by atoms with Crippen molar-refractivity contribution in [3.63, 3.8) is 0 Å². The molecular formula is C22H21ClF2N2O. The summed E-state index contributed by atoms with van der Waals surface area (Å²) < 4.78 is 27.4. The summed E-state index contributed by atoms with van der Waals surface area (Å²) in [6.45, 7) is 2.86. The zero-order valence-electron chi connectivity index (χ0n) is 15.6. The number of alkyl halides is 2. The Morgan fingerprint density at radius 1 is 1.14 bits per heavy atom. The number of aryl methyl sites for hydroxylation is 1. The van der Waals surface area contributed by atoms with Gasteiger partial charge < -0.3 is 4.90 Å². The lowest BCUT2D eigenvalue weighted by Crippen LogP contribution is -2.34. The summed E-state index contributed by atoms with van der Waals surface area (Å²) in [6, 6.07) is 7.17. The van der Waals surface area contributed by atoms with Gasteiger partial charge in [-0.15, -0.1) is 0 Å². The molecule has 2 heterocycles. The molecule has 0 unspecified atom stereocenters. The Kier molecular flexibility index (Phi) is 5.19. The van der Waals surface area contributed by atoms with Crippen LogP contribution in [0.1, 0.15) is 54.1 Å². The third kappa shape index (κ3) is 3.44. The van der Waals surface area contributed by atoms with Gasteiger partial charge in [0.1, 0.15) is 0 Å². The van der Waals surface area contributed by atoms with Crippen LogP contribution in [-0.4, -0.2) is 28.9 Å². The molecule has 2 aromatic rings. The summed E-state index contributed by atoms with van der Waals surface area (Å²) in [6.07, 6.45) is 1.53. The van der Waals surface area contributed by atoms with Gasteiger partial charge in [0.2, 0.25) is 5.91 Å². The summed E-state index contributed by atoms with van der Waals surface area (Å²) in [7, 11) is 0. The highest BCUT2D eigenvalue weighted by atomic mass is 35.5. The number of amides is 1. The normalized spacial score (nSPS) is 16.7. The highest BCUT2D eigenvalue weighted by Crippen LogP contribution is 2.40. The van der Waals surface area contributed by atoms with Crippen LogP contribution in [0.4, 0.5) is 8.78 Å². The van der Waals surface area contributed by atoms with E-state index in [0.717, 1.165) is 29.5 Å². The average molecular weight is 403 g/mol. The number of hydrogen-bond acceptors (Lipinski definition) is 2. The first kappa shape index (κ1) is 19.1. The topological polar surface area (TPSA) is 33.2 Å². The molecule has 1 aliphatic heterocycles. The molecule has 0 spiro atoms. The Morgan fingerprint density at radius 3 is 2.57 bits per heavy atom. The molecule has 0 bridgehead atoms. The van der Waals surface area contributed by atoms with E-state index in [-0.39, 0.29) is 11.5 Å². The Bertz CT molecular complexity index is 961. The van der Waals surface area contributed by atoms with Crippen LogP contribution in [0, 0.1) is 0 Å². The van der Waals surface area contributed by atoms with Crippen LogP contribution in [0.3, 0.4) is 0 Å². The maximum atomic E-state index is 13.7. The van der Waals surface area contributed by atoms with Gasteiger partial charge in [-0.25, -0.2) is 8.78 Å². The second-order valence-corrected chi connectivity index (χ2v) is 7.75. The fraction of sp³-hybridized carbons (Fsp3) is 0.364. The lowest BCUT2D eigenvalue weighted by Gasteiger charge is -2.29. The second kappa shape index (κ2) is 7.63. The van der Waals surface area contributed by atoms with E-state index in [4.69, 9.17) is 11.6 Å². The number of hydrogen-bond donors (Lipinski definition) is 0. The van der Waals surface area contributed by atoms with E-state index < -0.39 is 6.43 Å². The van der Waals surface area contributed by atoms with Gasteiger partial charge in [0.15, 0.2) is 0 Å². The first-order valence-corrected chi connectivity index (χ1v) is 9.86. The molecule has 146 valence electrons. The van der Waals surface area contributed by atoms with E-state index in [0.29, 0.717) is 42.2 Å². The van der Waals surface area contributed by atoms with E-state index >= 15 is 0 Å². The number of carbonyl (C=O) groups excluding carboxylic acids is 1. The summed E-state index contributed by atoms with van der Waals surface area (Å²) in [5.41, 5.74) is 5.54. The highest BCUT2D eigenvalue weighted by Gasteiger charge is 2.28. The summed E-state index contributed by atoms with van der Waals surface area (Å²) >= 11 is 6.21. The van der Waals surface area contributed by atoms with Crippen LogP contribution < -0.4 is 0 Å². The molecule has 1 aliphatic carbocycles. The van der Waals surface area contributed by atoms with Crippen LogP contribution in [0.15, 0.2) is 36.0 Å². The van der Waals surface area contributed by atoms with Crippen molar-refractivity contribution in [2.24, 2.45) is 0 Å². The van der Waals surface area contributed by atoms with Crippen LogP contribution >= 0.6 is 11.6 Å². The van der Waals surface area contributed by atoms with Crippen molar-refractivity contribution in [2.45, 2.75) is 39.0 Å². The number of likely N-dealkylation sites (tertiary alicyclic amines) is 1. The van der Waals surface area contributed by atoms with Gasteiger partial charge in [0.05, 0.1) is 5.69 Å². The van der Waals surface area contributed by atoms with Gasteiger partial charge in [-0.3, -0.25) is 9.78 Å². The lowest BCUT2D eigenvalue weighted by molar-refractivity contribution is -0.129. The number of fused-ring (bicyclic) bond motifs is 2. The number of rotatable bonds is 1. The van der Waals surface area contributed by atoms with Crippen molar-refractivity contribution in [3.05, 3.63) is 69.0 Å². The van der Waals surface area contributed by atoms with E-state index in [1.54, 1.807) is 6.92 Å². The van der Waals surface area contributed by atoms with Gasteiger partial charge in [-0.2, -0.15) is 0 Å². The number of nitrogens with zero attached hydrogens (tertiary/aromatic N) is 2. The van der Waals surface area contributed by atoms with E-state index in [1.807, 2.05) is 23.1 Å². The summed E-state index contributed by atoms with van der Waals surface area (Å²) in [4.78, 5) is 18.1. The van der Waals surface area contributed by atoms with Gasteiger partial charge in [0.25, 0.3) is 6.43 Å². The fourth-order valence-corrected chi connectivity index (χ4v) is 4.48. The van der Waals surface area contributed by atoms with Crippen LogP contribution in [-0.2, 0) is 17.6 Å². The quantitative estimate of drug-likeness (QED) is 0.655. The predicted molar refractivity (Wildman–Crippen MR) is 106 cm³/mol. The number of benzene rings is 1. The Balaban J connectivity index is 1.90. The molecule has 1 amide bonds. The van der Waals surface area contributed by atoms with Crippen LogP contribution in [0.2, 0.25) is 5.02 Å². The predicted octanol–water partition coefficient (Wildman–Crippen LogP) is 5.22. The van der Waals surface area contributed by atoms with Gasteiger partial charge >= 0.3 is 0 Å². The van der Waals surface area contributed by atoms with Crippen molar-refractivity contribution in [2.75, 3.05) is 13.1 Å². The molecule has 28 heavy (non-hydrogen) atoms. The molecular weight excluding hydrogens is 382 g/mol. The lowest BCUT2D eigenvalue weighted by atomic mass is 9.88. The van der Waals surface area contributed by atoms with Crippen molar-refractivity contribution in [1.29, 1.82) is 0 Å². The SMILES string of the molecule is CC(=O)N1CCC(=C2c3ccc(Cl)cc3CCc3c(C(F)F)ccnc32)CC1. The monoisotopic (exact) mass is 402 g/mol. The maximum Gasteiger partial charge on any atom is 0.264 e. The fourth-order valence-electron chi connectivity index (χ4n) is 4.29. The van der Waals surface area contributed by atoms with Crippen molar-refractivity contribution >= 4 is 23.1 Å². The van der Waals surface area contributed by atoms with Crippen molar-refractivity contribution < 1.29 is 13.6 Å². The Hall–Kier alpha value is -2.27. The molecule has 1 aromatic carbocycles. The van der Waals surface area contributed by atoms with E-state index in [2.05, 4.69) is 4.98 Å². The smallest absolute Gasteiger partial charge is 0.264 e. The minimum absolute atomic E-state index is 0.0585. The summed E-state index contributed by atoms with van der Waals surface area (Å²) in [5.74, 6) is 0.0654.